The standard InChI is InChI=1S/C12H14N2O4S/c1-2-19(17,18)8-7-14-10-6-4-3-5-9(10)11(13-14)12(15)16/h3-6H,2,7-8H2,1H3,(H,15,16). The predicted molar refractivity (Wildman–Crippen MR) is 71.0 cm³/mol. The van der Waals surface area contributed by atoms with Crippen LogP contribution in [0.2, 0.25) is 0 Å². The van der Waals surface area contributed by atoms with E-state index in [2.05, 4.69) is 5.10 Å². The number of carbonyl (C=O) groups is 1. The first-order chi connectivity index (χ1) is 8.94. The van der Waals surface area contributed by atoms with Crippen LogP contribution in [0.4, 0.5) is 0 Å². The summed E-state index contributed by atoms with van der Waals surface area (Å²) in [6.07, 6.45) is 0. The molecule has 1 aromatic heterocycles. The number of hydrogen-bond acceptors (Lipinski definition) is 4. The molecule has 0 bridgehead atoms. The van der Waals surface area contributed by atoms with E-state index in [1.807, 2.05) is 0 Å². The summed E-state index contributed by atoms with van der Waals surface area (Å²) >= 11 is 0. The van der Waals surface area contributed by atoms with Crippen molar-refractivity contribution in [2.24, 2.45) is 0 Å². The fraction of sp³-hybridized carbons (Fsp3) is 0.333. The smallest absolute Gasteiger partial charge is 0.357 e. The van der Waals surface area contributed by atoms with Crippen molar-refractivity contribution in [3.8, 4) is 0 Å². The molecule has 0 spiro atoms. The number of carboxylic acid groups (broad SMARTS) is 1. The monoisotopic (exact) mass is 282 g/mol. The molecule has 1 heterocycles. The Labute approximate surface area is 110 Å². The van der Waals surface area contributed by atoms with Crippen LogP contribution < -0.4 is 0 Å². The fourth-order valence-electron chi connectivity index (χ4n) is 1.83. The summed E-state index contributed by atoms with van der Waals surface area (Å²) in [5.41, 5.74) is 0.579. The van der Waals surface area contributed by atoms with Gasteiger partial charge in [0, 0.05) is 11.1 Å². The van der Waals surface area contributed by atoms with Crippen molar-refractivity contribution in [3.63, 3.8) is 0 Å². The molecule has 0 saturated heterocycles. The molecule has 0 atom stereocenters. The van der Waals surface area contributed by atoms with Gasteiger partial charge in [-0.25, -0.2) is 13.2 Å². The van der Waals surface area contributed by atoms with Gasteiger partial charge in [0.15, 0.2) is 15.5 Å². The average Bonchev–Trinajstić information content (AvgIpc) is 2.76. The number of carboxylic acids is 1. The van der Waals surface area contributed by atoms with Gasteiger partial charge < -0.3 is 5.11 Å². The van der Waals surface area contributed by atoms with E-state index in [4.69, 9.17) is 5.11 Å². The summed E-state index contributed by atoms with van der Waals surface area (Å²) in [7, 11) is -3.11. The number of fused-ring (bicyclic) bond motifs is 1. The van der Waals surface area contributed by atoms with E-state index in [9.17, 15) is 13.2 Å². The average molecular weight is 282 g/mol. The summed E-state index contributed by atoms with van der Waals surface area (Å²) in [6, 6.07) is 6.88. The Morgan fingerprint density at radius 1 is 1.37 bits per heavy atom. The SMILES string of the molecule is CCS(=O)(=O)CCn1nc(C(=O)O)c2ccccc21. The van der Waals surface area contributed by atoms with E-state index in [0.29, 0.717) is 10.9 Å². The highest BCUT2D eigenvalue weighted by Gasteiger charge is 2.17. The summed E-state index contributed by atoms with van der Waals surface area (Å²) in [6.45, 7) is 1.74. The molecule has 0 fully saturated rings. The normalized spacial score (nSPS) is 11.8. The molecular weight excluding hydrogens is 268 g/mol. The van der Waals surface area contributed by atoms with E-state index >= 15 is 0 Å². The molecule has 6 nitrogen and oxygen atoms in total. The lowest BCUT2D eigenvalue weighted by atomic mass is 10.2. The molecule has 1 N–H and O–H groups in total. The Hall–Kier alpha value is -1.89. The van der Waals surface area contributed by atoms with Crippen LogP contribution >= 0.6 is 0 Å². The maximum absolute atomic E-state index is 11.5. The molecule has 19 heavy (non-hydrogen) atoms. The Kier molecular flexibility index (Phi) is 3.57. The first kappa shape index (κ1) is 13.5. The van der Waals surface area contributed by atoms with Gasteiger partial charge in [-0.15, -0.1) is 0 Å². The molecule has 2 rings (SSSR count). The van der Waals surface area contributed by atoms with Crippen molar-refractivity contribution in [1.29, 1.82) is 0 Å². The van der Waals surface area contributed by atoms with Crippen molar-refractivity contribution in [2.45, 2.75) is 13.5 Å². The van der Waals surface area contributed by atoms with E-state index in [-0.39, 0.29) is 23.7 Å². The number of aromatic nitrogens is 2. The number of benzene rings is 1. The van der Waals surface area contributed by atoms with Gasteiger partial charge in [0.25, 0.3) is 0 Å². The molecule has 1 aromatic carbocycles. The highest BCUT2D eigenvalue weighted by atomic mass is 32.2. The molecule has 0 radical (unpaired) electrons. The van der Waals surface area contributed by atoms with Crippen LogP contribution in [0.15, 0.2) is 24.3 Å². The van der Waals surface area contributed by atoms with E-state index < -0.39 is 15.8 Å². The largest absolute Gasteiger partial charge is 0.476 e. The quantitative estimate of drug-likeness (QED) is 0.889. The van der Waals surface area contributed by atoms with Gasteiger partial charge in [0.05, 0.1) is 17.8 Å². The maximum atomic E-state index is 11.5. The number of nitrogens with zero attached hydrogens (tertiary/aromatic N) is 2. The molecule has 0 unspecified atom stereocenters. The van der Waals surface area contributed by atoms with Crippen LogP contribution in [0, 0.1) is 0 Å². The molecule has 0 saturated carbocycles. The zero-order valence-corrected chi connectivity index (χ0v) is 11.2. The summed E-state index contributed by atoms with van der Waals surface area (Å²) in [4.78, 5) is 11.1. The highest BCUT2D eigenvalue weighted by Crippen LogP contribution is 2.18. The lowest BCUT2D eigenvalue weighted by Gasteiger charge is -2.03. The van der Waals surface area contributed by atoms with E-state index in [1.54, 1.807) is 31.2 Å². The molecule has 0 aliphatic heterocycles. The molecule has 2 aromatic rings. The molecule has 0 aliphatic rings. The number of aromatic carboxylic acids is 1. The van der Waals surface area contributed by atoms with Gasteiger partial charge in [-0.3, -0.25) is 4.68 Å². The molecule has 7 heteroatoms. The Morgan fingerprint density at radius 2 is 2.05 bits per heavy atom. The molecule has 0 aliphatic carbocycles. The second-order valence-electron chi connectivity index (χ2n) is 4.13. The zero-order valence-electron chi connectivity index (χ0n) is 10.4. The minimum Gasteiger partial charge on any atom is -0.476 e. The van der Waals surface area contributed by atoms with Crippen LogP contribution in [-0.2, 0) is 16.4 Å². The molecule has 102 valence electrons. The second-order valence-corrected chi connectivity index (χ2v) is 6.60. The first-order valence-electron chi connectivity index (χ1n) is 5.84. The van der Waals surface area contributed by atoms with Crippen LogP contribution in [0.25, 0.3) is 10.9 Å². The third-order valence-electron chi connectivity index (χ3n) is 2.91. The predicted octanol–water partition coefficient (Wildman–Crippen LogP) is 1.17. The van der Waals surface area contributed by atoms with Crippen LogP contribution in [-0.4, -0.2) is 40.8 Å². The third kappa shape index (κ3) is 2.76. The minimum absolute atomic E-state index is 0.0474. The van der Waals surface area contributed by atoms with Crippen molar-refractivity contribution in [2.75, 3.05) is 11.5 Å². The van der Waals surface area contributed by atoms with Gasteiger partial charge in [0.1, 0.15) is 0 Å². The molecule has 0 amide bonds. The molecular formula is C12H14N2O4S. The number of aryl methyl sites for hydroxylation is 1. The summed E-state index contributed by atoms with van der Waals surface area (Å²) in [5.74, 6) is -1.10. The highest BCUT2D eigenvalue weighted by molar-refractivity contribution is 7.91. The van der Waals surface area contributed by atoms with Gasteiger partial charge in [-0.05, 0) is 6.07 Å². The number of hydrogen-bond donors (Lipinski definition) is 1. The topological polar surface area (TPSA) is 89.3 Å². The van der Waals surface area contributed by atoms with Crippen LogP contribution in [0.3, 0.4) is 0 Å². The summed E-state index contributed by atoms with van der Waals surface area (Å²) < 4.78 is 24.4. The third-order valence-corrected chi connectivity index (χ3v) is 4.60. The Balaban J connectivity index is 2.41. The second kappa shape index (κ2) is 5.00. The maximum Gasteiger partial charge on any atom is 0.357 e. The summed E-state index contributed by atoms with van der Waals surface area (Å²) in [5, 5.41) is 13.6. The van der Waals surface area contributed by atoms with Crippen molar-refractivity contribution in [3.05, 3.63) is 30.0 Å². The van der Waals surface area contributed by atoms with Crippen molar-refractivity contribution >= 4 is 26.7 Å². The zero-order chi connectivity index (χ0) is 14.0. The van der Waals surface area contributed by atoms with Crippen LogP contribution in [0.5, 0.6) is 0 Å². The van der Waals surface area contributed by atoms with E-state index in [1.165, 1.54) is 4.68 Å². The van der Waals surface area contributed by atoms with E-state index in [0.717, 1.165) is 0 Å². The van der Waals surface area contributed by atoms with Gasteiger partial charge in [-0.1, -0.05) is 25.1 Å². The minimum atomic E-state index is -3.11. The number of rotatable bonds is 5. The van der Waals surface area contributed by atoms with Crippen LogP contribution in [0.1, 0.15) is 17.4 Å². The number of para-hydroxylation sites is 1. The lowest BCUT2D eigenvalue weighted by Crippen LogP contribution is -2.15. The Morgan fingerprint density at radius 3 is 2.68 bits per heavy atom. The van der Waals surface area contributed by atoms with Gasteiger partial charge in [0.2, 0.25) is 0 Å². The van der Waals surface area contributed by atoms with Gasteiger partial charge in [-0.2, -0.15) is 5.10 Å². The van der Waals surface area contributed by atoms with Crippen molar-refractivity contribution < 1.29 is 18.3 Å². The fourth-order valence-corrected chi connectivity index (χ4v) is 2.57. The van der Waals surface area contributed by atoms with Gasteiger partial charge >= 0.3 is 5.97 Å². The van der Waals surface area contributed by atoms with Crippen molar-refractivity contribution in [1.82, 2.24) is 9.78 Å². The lowest BCUT2D eigenvalue weighted by molar-refractivity contribution is 0.0691. The number of sulfone groups is 1. The Bertz CT molecular complexity index is 718. The first-order valence-corrected chi connectivity index (χ1v) is 7.66.